The number of hydrogen-bond acceptors (Lipinski definition) is 4. The zero-order chi connectivity index (χ0) is 20.9. The van der Waals surface area contributed by atoms with Gasteiger partial charge in [0.05, 0.1) is 12.5 Å². The molecule has 1 aliphatic heterocycles. The highest BCUT2D eigenvalue weighted by Crippen LogP contribution is 2.50. The van der Waals surface area contributed by atoms with Crippen molar-refractivity contribution in [1.29, 1.82) is 0 Å². The first-order chi connectivity index (χ1) is 13.8. The van der Waals surface area contributed by atoms with Gasteiger partial charge in [0.2, 0.25) is 5.91 Å². The predicted molar refractivity (Wildman–Crippen MR) is 115 cm³/mol. The Morgan fingerprint density at radius 2 is 1.97 bits per heavy atom. The molecule has 1 amide bonds. The van der Waals surface area contributed by atoms with Crippen molar-refractivity contribution in [1.82, 2.24) is 4.57 Å². The van der Waals surface area contributed by atoms with E-state index in [0.29, 0.717) is 10.6 Å². The lowest BCUT2D eigenvalue weighted by atomic mass is 9.95. The Hall–Kier alpha value is -2.41. The molecule has 1 aliphatic rings. The molecule has 0 unspecified atom stereocenters. The number of fused-ring (bicyclic) bond motifs is 3. The van der Waals surface area contributed by atoms with Crippen molar-refractivity contribution in [3.63, 3.8) is 0 Å². The molecule has 150 valence electrons. The molecule has 3 heterocycles. The van der Waals surface area contributed by atoms with E-state index in [0.717, 1.165) is 27.1 Å². The number of carbonyl (C=O) groups excluding carboxylic acids is 1. The van der Waals surface area contributed by atoms with Crippen molar-refractivity contribution < 1.29 is 9.53 Å². The number of hydrogen-bond donors (Lipinski definition) is 1. The van der Waals surface area contributed by atoms with E-state index in [2.05, 4.69) is 13.8 Å². The lowest BCUT2D eigenvalue weighted by Crippen LogP contribution is -2.22. The molecule has 0 bridgehead atoms. The van der Waals surface area contributed by atoms with Gasteiger partial charge in [-0.3, -0.25) is 9.59 Å². The number of nitrogens with two attached hydrogens (primary N) is 1. The predicted octanol–water partition coefficient (Wildman–Crippen LogP) is 4.42. The van der Waals surface area contributed by atoms with Crippen molar-refractivity contribution in [3.05, 3.63) is 79.0 Å². The van der Waals surface area contributed by atoms with Gasteiger partial charge in [-0.2, -0.15) is 0 Å². The topological polar surface area (TPSA) is 74.3 Å². The summed E-state index contributed by atoms with van der Waals surface area (Å²) >= 11 is 7.76. The molecular weight excluding hydrogens is 408 g/mol. The average molecular weight is 429 g/mol. The number of amides is 1. The van der Waals surface area contributed by atoms with Crippen LogP contribution in [0.15, 0.2) is 41.3 Å². The van der Waals surface area contributed by atoms with Crippen LogP contribution < -0.4 is 11.3 Å². The zero-order valence-electron chi connectivity index (χ0n) is 16.4. The van der Waals surface area contributed by atoms with Gasteiger partial charge in [-0.1, -0.05) is 23.7 Å². The highest BCUT2D eigenvalue weighted by Gasteiger charge is 2.34. The van der Waals surface area contributed by atoms with Crippen LogP contribution in [0.3, 0.4) is 0 Å². The van der Waals surface area contributed by atoms with Crippen molar-refractivity contribution >= 4 is 28.8 Å². The van der Waals surface area contributed by atoms with E-state index in [1.807, 2.05) is 30.5 Å². The van der Waals surface area contributed by atoms with Crippen LogP contribution >= 0.6 is 22.9 Å². The van der Waals surface area contributed by atoms with Crippen LogP contribution in [0, 0.1) is 13.8 Å². The molecule has 5 nitrogen and oxygen atoms in total. The number of aryl methyl sites for hydroxylation is 2. The lowest BCUT2D eigenvalue weighted by molar-refractivity contribution is -0.121. The average Bonchev–Trinajstić information content (AvgIpc) is 2.89. The summed E-state index contributed by atoms with van der Waals surface area (Å²) in [5.41, 5.74) is 10.1. The van der Waals surface area contributed by atoms with E-state index >= 15 is 0 Å². The molecule has 0 aliphatic carbocycles. The first kappa shape index (κ1) is 19.9. The van der Waals surface area contributed by atoms with Crippen LogP contribution in [0.5, 0.6) is 0 Å². The standard InChI is InChI=1S/C22H21ClN2O3S/c1-11-12(2)29-22-16-10-25(3)19(27)8-15(16)17(9-18(24)26)28-21(20(11)22)13-4-6-14(23)7-5-13/h4-8,10,17,21H,9H2,1-3H3,(H2,24,26)/t17-,21-/m1/s1. The number of rotatable bonds is 3. The van der Waals surface area contributed by atoms with Gasteiger partial charge in [-0.05, 0) is 42.7 Å². The molecule has 4 rings (SSSR count). The summed E-state index contributed by atoms with van der Waals surface area (Å²) in [5, 5.41) is 0.640. The van der Waals surface area contributed by atoms with Gasteiger partial charge in [0, 0.05) is 45.2 Å². The number of pyridine rings is 1. The molecule has 2 atom stereocenters. The SMILES string of the molecule is Cc1sc2c(c1C)[C@@H](c1ccc(Cl)cc1)O[C@H](CC(N)=O)c1cc(=O)n(C)cc1-2. The fourth-order valence-corrected chi connectivity index (χ4v) is 5.14. The largest absolute Gasteiger partial charge is 0.370 e. The van der Waals surface area contributed by atoms with Crippen molar-refractivity contribution in [3.8, 4) is 10.4 Å². The van der Waals surface area contributed by atoms with Gasteiger partial charge < -0.3 is 15.0 Å². The summed E-state index contributed by atoms with van der Waals surface area (Å²) in [4.78, 5) is 26.4. The molecule has 0 saturated carbocycles. The Morgan fingerprint density at radius 3 is 2.62 bits per heavy atom. The van der Waals surface area contributed by atoms with Gasteiger partial charge >= 0.3 is 0 Å². The van der Waals surface area contributed by atoms with E-state index in [9.17, 15) is 9.59 Å². The summed E-state index contributed by atoms with van der Waals surface area (Å²) in [7, 11) is 1.72. The maximum atomic E-state index is 12.4. The quantitative estimate of drug-likeness (QED) is 0.671. The van der Waals surface area contributed by atoms with Crippen molar-refractivity contribution in [2.75, 3.05) is 0 Å². The number of nitrogens with zero attached hydrogens (tertiary/aromatic N) is 1. The summed E-state index contributed by atoms with van der Waals surface area (Å²) < 4.78 is 8.06. The maximum absolute atomic E-state index is 12.4. The molecule has 29 heavy (non-hydrogen) atoms. The normalized spacial score (nSPS) is 18.1. The Labute approximate surface area is 177 Å². The Bertz CT molecular complexity index is 1160. The minimum atomic E-state index is -0.614. The number of thiophene rings is 1. The third-order valence-corrected chi connectivity index (χ3v) is 6.91. The van der Waals surface area contributed by atoms with Gasteiger partial charge in [0.25, 0.3) is 5.56 Å². The molecule has 0 saturated heterocycles. The molecule has 2 N–H and O–H groups in total. The van der Waals surface area contributed by atoms with Gasteiger partial charge in [0.15, 0.2) is 0 Å². The van der Waals surface area contributed by atoms with Crippen molar-refractivity contribution in [2.45, 2.75) is 32.5 Å². The third-order valence-electron chi connectivity index (χ3n) is 5.41. The molecule has 0 radical (unpaired) electrons. The summed E-state index contributed by atoms with van der Waals surface area (Å²) in [5.74, 6) is -0.477. The second-order valence-electron chi connectivity index (χ2n) is 7.34. The fraction of sp³-hybridized carbons (Fsp3) is 0.273. The fourth-order valence-electron chi connectivity index (χ4n) is 3.79. The van der Waals surface area contributed by atoms with Crippen LogP contribution in [-0.4, -0.2) is 10.5 Å². The van der Waals surface area contributed by atoms with E-state index in [4.69, 9.17) is 22.1 Å². The van der Waals surface area contributed by atoms with E-state index < -0.39 is 18.1 Å². The van der Waals surface area contributed by atoms with Crippen molar-refractivity contribution in [2.24, 2.45) is 12.8 Å². The monoisotopic (exact) mass is 428 g/mol. The summed E-state index contributed by atoms with van der Waals surface area (Å²) in [6, 6.07) is 9.07. The molecular formula is C22H21ClN2O3S. The highest BCUT2D eigenvalue weighted by atomic mass is 35.5. The Balaban J connectivity index is 2.01. The number of primary amides is 1. The van der Waals surface area contributed by atoms with E-state index in [1.54, 1.807) is 29.0 Å². The highest BCUT2D eigenvalue weighted by molar-refractivity contribution is 7.15. The number of halogens is 1. The molecule has 2 aromatic heterocycles. The number of carbonyl (C=O) groups is 1. The first-order valence-corrected chi connectivity index (χ1v) is 10.5. The number of aromatic nitrogens is 1. The first-order valence-electron chi connectivity index (χ1n) is 9.26. The minimum absolute atomic E-state index is 0.00275. The Kier molecular flexibility index (Phi) is 5.11. The molecule has 0 fully saturated rings. The van der Waals surface area contributed by atoms with E-state index in [-0.39, 0.29) is 12.0 Å². The third kappa shape index (κ3) is 3.52. The molecule has 3 aromatic rings. The Morgan fingerprint density at radius 1 is 1.28 bits per heavy atom. The maximum Gasteiger partial charge on any atom is 0.250 e. The van der Waals surface area contributed by atoms with Crippen LogP contribution in [-0.2, 0) is 16.6 Å². The van der Waals surface area contributed by atoms with Crippen LogP contribution in [0.2, 0.25) is 5.02 Å². The second-order valence-corrected chi connectivity index (χ2v) is 9.01. The summed E-state index contributed by atoms with van der Waals surface area (Å²) in [6.07, 6.45) is 0.811. The smallest absolute Gasteiger partial charge is 0.250 e. The number of ether oxygens (including phenoxy) is 1. The molecule has 7 heteroatoms. The molecule has 1 aromatic carbocycles. The van der Waals surface area contributed by atoms with E-state index in [1.165, 1.54) is 4.88 Å². The van der Waals surface area contributed by atoms with Gasteiger partial charge in [0.1, 0.15) is 6.10 Å². The minimum Gasteiger partial charge on any atom is -0.370 e. The van der Waals surface area contributed by atoms with Crippen LogP contribution in [0.4, 0.5) is 0 Å². The van der Waals surface area contributed by atoms with Crippen LogP contribution in [0.25, 0.3) is 10.4 Å². The van der Waals surface area contributed by atoms with Gasteiger partial charge in [-0.15, -0.1) is 11.3 Å². The molecule has 0 spiro atoms. The van der Waals surface area contributed by atoms with Gasteiger partial charge in [-0.25, -0.2) is 0 Å². The second kappa shape index (κ2) is 7.44. The number of benzene rings is 1. The zero-order valence-corrected chi connectivity index (χ0v) is 17.9. The lowest BCUT2D eigenvalue weighted by Gasteiger charge is -2.24. The summed E-state index contributed by atoms with van der Waals surface area (Å²) in [6.45, 7) is 4.16. The van der Waals surface area contributed by atoms with Crippen LogP contribution in [0.1, 0.15) is 45.8 Å².